The highest BCUT2D eigenvalue weighted by molar-refractivity contribution is 7.85. The van der Waals surface area contributed by atoms with Crippen molar-refractivity contribution in [3.63, 3.8) is 0 Å². The summed E-state index contributed by atoms with van der Waals surface area (Å²) in [4.78, 5) is 0.954. The van der Waals surface area contributed by atoms with Crippen LogP contribution in [0.15, 0.2) is 23.1 Å². The van der Waals surface area contributed by atoms with Crippen LogP contribution in [0.5, 0.6) is 5.75 Å². The van der Waals surface area contributed by atoms with Gasteiger partial charge in [-0.3, -0.25) is 4.21 Å². The first-order valence-corrected chi connectivity index (χ1v) is 7.20. The Morgan fingerprint density at radius 2 is 2.29 bits per heavy atom. The quantitative estimate of drug-likeness (QED) is 0.898. The van der Waals surface area contributed by atoms with E-state index in [4.69, 9.17) is 4.74 Å². The summed E-state index contributed by atoms with van der Waals surface area (Å²) in [7, 11) is 0.769. The van der Waals surface area contributed by atoms with Gasteiger partial charge in [0.15, 0.2) is 0 Å². The van der Waals surface area contributed by atoms with Gasteiger partial charge in [-0.2, -0.15) is 0 Å². The summed E-state index contributed by atoms with van der Waals surface area (Å²) < 4.78 is 17.5. The van der Waals surface area contributed by atoms with Crippen LogP contribution in [0, 0.1) is 0 Å². The summed E-state index contributed by atoms with van der Waals surface area (Å²) in [6, 6.07) is 6.12. The summed E-state index contributed by atoms with van der Waals surface area (Å²) in [5, 5.41) is 3.66. The van der Waals surface area contributed by atoms with Crippen molar-refractivity contribution in [3.8, 4) is 5.75 Å². The van der Waals surface area contributed by atoms with E-state index in [1.165, 1.54) is 0 Å². The zero-order chi connectivity index (χ0) is 12.4. The number of hydrogen-bond acceptors (Lipinski definition) is 3. The molecule has 0 bridgehead atoms. The van der Waals surface area contributed by atoms with Gasteiger partial charge in [0.2, 0.25) is 0 Å². The molecule has 1 aromatic carbocycles. The fraction of sp³-hybridized carbons (Fsp3) is 0.538. The van der Waals surface area contributed by atoms with E-state index in [1.807, 2.05) is 25.1 Å². The van der Waals surface area contributed by atoms with Gasteiger partial charge in [0.25, 0.3) is 0 Å². The van der Waals surface area contributed by atoms with Crippen molar-refractivity contribution >= 4 is 10.8 Å². The smallest absolute Gasteiger partial charge is 0.119 e. The van der Waals surface area contributed by atoms with Gasteiger partial charge in [-0.1, -0.05) is 13.8 Å². The molecule has 17 heavy (non-hydrogen) atoms. The normalized spacial score (nSPS) is 27.6. The zero-order valence-corrected chi connectivity index (χ0v) is 11.3. The first-order valence-electron chi connectivity index (χ1n) is 5.99. The average Bonchev–Trinajstić information content (AvgIpc) is 2.35. The Morgan fingerprint density at radius 3 is 2.94 bits per heavy atom. The van der Waals surface area contributed by atoms with E-state index < -0.39 is 10.8 Å². The molecular weight excluding hydrogens is 234 g/mol. The average molecular weight is 253 g/mol. The van der Waals surface area contributed by atoms with Gasteiger partial charge >= 0.3 is 0 Å². The molecule has 3 nitrogen and oxygen atoms in total. The summed E-state index contributed by atoms with van der Waals surface area (Å²) >= 11 is 0. The van der Waals surface area contributed by atoms with Crippen molar-refractivity contribution in [2.75, 3.05) is 13.7 Å². The van der Waals surface area contributed by atoms with Crippen LogP contribution in [0.2, 0.25) is 0 Å². The summed E-state index contributed by atoms with van der Waals surface area (Å²) in [6.07, 6.45) is 0.917. The second-order valence-electron chi connectivity index (χ2n) is 4.36. The van der Waals surface area contributed by atoms with Crippen LogP contribution in [-0.2, 0) is 10.8 Å². The third-order valence-corrected chi connectivity index (χ3v) is 4.92. The van der Waals surface area contributed by atoms with Crippen LogP contribution in [0.4, 0.5) is 0 Å². The van der Waals surface area contributed by atoms with Crippen LogP contribution >= 0.6 is 0 Å². The van der Waals surface area contributed by atoms with E-state index in [9.17, 15) is 4.21 Å². The molecule has 3 unspecified atom stereocenters. The van der Waals surface area contributed by atoms with Crippen LogP contribution in [0.25, 0.3) is 0 Å². The number of fused-ring (bicyclic) bond motifs is 1. The second kappa shape index (κ2) is 5.19. The molecule has 1 N–H and O–H groups in total. The predicted molar refractivity (Wildman–Crippen MR) is 69.9 cm³/mol. The molecule has 0 saturated carbocycles. The molecule has 94 valence electrons. The molecule has 2 rings (SSSR count). The maximum Gasteiger partial charge on any atom is 0.119 e. The van der Waals surface area contributed by atoms with E-state index in [0.29, 0.717) is 0 Å². The highest BCUT2D eigenvalue weighted by Gasteiger charge is 2.29. The Morgan fingerprint density at radius 1 is 1.53 bits per heavy atom. The largest absolute Gasteiger partial charge is 0.497 e. The number of methoxy groups -OCH3 is 1. The molecule has 1 heterocycles. The molecule has 1 aromatic rings. The highest BCUT2D eigenvalue weighted by Crippen LogP contribution is 2.35. The third kappa shape index (κ3) is 2.38. The minimum Gasteiger partial charge on any atom is -0.497 e. The lowest BCUT2D eigenvalue weighted by Gasteiger charge is -2.29. The maximum atomic E-state index is 12.2. The Hall–Kier alpha value is -0.870. The molecule has 4 heteroatoms. The molecule has 1 aliphatic heterocycles. The molecule has 1 aliphatic rings. The third-order valence-electron chi connectivity index (χ3n) is 3.19. The predicted octanol–water partition coefficient (Wildman–Crippen LogP) is 2.25. The maximum absolute atomic E-state index is 12.2. The van der Waals surface area contributed by atoms with Crippen molar-refractivity contribution in [2.24, 2.45) is 0 Å². The molecule has 0 aromatic heterocycles. The topological polar surface area (TPSA) is 38.3 Å². The van der Waals surface area contributed by atoms with Crippen LogP contribution in [-0.4, -0.2) is 23.1 Å². The van der Waals surface area contributed by atoms with Crippen molar-refractivity contribution in [2.45, 2.75) is 36.5 Å². The monoisotopic (exact) mass is 253 g/mol. The van der Waals surface area contributed by atoms with Gasteiger partial charge < -0.3 is 10.1 Å². The Labute approximate surface area is 105 Å². The summed E-state index contributed by atoms with van der Waals surface area (Å²) in [5.41, 5.74) is 1.13. The number of hydrogen-bond donors (Lipinski definition) is 1. The van der Waals surface area contributed by atoms with Gasteiger partial charge in [0.1, 0.15) is 5.75 Å². The van der Waals surface area contributed by atoms with E-state index in [1.54, 1.807) is 7.11 Å². The fourth-order valence-corrected chi connectivity index (χ4v) is 3.75. The molecule has 0 aliphatic carbocycles. The fourth-order valence-electron chi connectivity index (χ4n) is 2.31. The first-order chi connectivity index (χ1) is 8.17. The van der Waals surface area contributed by atoms with Crippen LogP contribution < -0.4 is 10.1 Å². The van der Waals surface area contributed by atoms with Gasteiger partial charge in [-0.25, -0.2) is 0 Å². The molecule has 0 saturated heterocycles. The minimum atomic E-state index is -0.890. The molecule has 3 atom stereocenters. The number of benzene rings is 1. The molecule has 0 radical (unpaired) electrons. The Bertz CT molecular complexity index is 433. The van der Waals surface area contributed by atoms with Gasteiger partial charge in [-0.15, -0.1) is 0 Å². The lowest BCUT2D eigenvalue weighted by molar-refractivity contribution is 0.410. The molecule has 0 amide bonds. The zero-order valence-electron chi connectivity index (χ0n) is 10.5. The Balaban J connectivity index is 2.44. The lowest BCUT2D eigenvalue weighted by atomic mass is 10.0. The molecular formula is C13H19NO2S. The lowest BCUT2D eigenvalue weighted by Crippen LogP contribution is -2.31. The van der Waals surface area contributed by atoms with Crippen LogP contribution in [0.3, 0.4) is 0 Å². The second-order valence-corrected chi connectivity index (χ2v) is 6.20. The number of nitrogens with one attached hydrogen (secondary N) is 1. The van der Waals surface area contributed by atoms with Crippen LogP contribution in [0.1, 0.15) is 31.9 Å². The molecule has 0 spiro atoms. The summed E-state index contributed by atoms with van der Waals surface area (Å²) in [6.45, 7) is 5.06. The SMILES string of the molecule is CCNC1CC(C)S(=O)c2ccc(OC)cc21. The van der Waals surface area contributed by atoms with Gasteiger partial charge in [0.05, 0.1) is 17.9 Å². The van der Waals surface area contributed by atoms with E-state index in [2.05, 4.69) is 12.2 Å². The summed E-state index contributed by atoms with van der Waals surface area (Å²) in [5.74, 6) is 0.832. The molecule has 0 fully saturated rings. The van der Waals surface area contributed by atoms with Gasteiger partial charge in [0, 0.05) is 16.2 Å². The van der Waals surface area contributed by atoms with Crippen molar-refractivity contribution < 1.29 is 8.95 Å². The van der Waals surface area contributed by atoms with Crippen molar-refractivity contribution in [3.05, 3.63) is 23.8 Å². The van der Waals surface area contributed by atoms with Crippen molar-refractivity contribution in [1.82, 2.24) is 5.32 Å². The Kier molecular flexibility index (Phi) is 3.84. The van der Waals surface area contributed by atoms with Gasteiger partial charge in [-0.05, 0) is 36.7 Å². The van der Waals surface area contributed by atoms with Crippen molar-refractivity contribution in [1.29, 1.82) is 0 Å². The van der Waals surface area contributed by atoms with E-state index >= 15 is 0 Å². The number of ether oxygens (including phenoxy) is 1. The highest BCUT2D eigenvalue weighted by atomic mass is 32.2. The number of rotatable bonds is 3. The first kappa shape index (κ1) is 12.6. The van der Waals surface area contributed by atoms with E-state index in [0.717, 1.165) is 29.2 Å². The van der Waals surface area contributed by atoms with E-state index in [-0.39, 0.29) is 11.3 Å². The standard InChI is InChI=1S/C13H19NO2S/c1-4-14-12-7-9(2)17(15)13-6-5-10(16-3)8-11(12)13/h5-6,8-9,12,14H,4,7H2,1-3H3. The minimum absolute atomic E-state index is 0.208.